The van der Waals surface area contributed by atoms with Crippen molar-refractivity contribution >= 4 is 6.16 Å². The topological polar surface area (TPSA) is 35.5 Å². The van der Waals surface area contributed by atoms with E-state index in [1.165, 1.54) is 0 Å². The van der Waals surface area contributed by atoms with Gasteiger partial charge in [-0.15, -0.1) is 0 Å². The average Bonchev–Trinajstić information content (AvgIpc) is 2.60. The summed E-state index contributed by atoms with van der Waals surface area (Å²) >= 11 is 0. The van der Waals surface area contributed by atoms with Crippen molar-refractivity contribution in [1.82, 2.24) is 0 Å². The van der Waals surface area contributed by atoms with Gasteiger partial charge < -0.3 is 9.47 Å². The highest BCUT2D eigenvalue weighted by molar-refractivity contribution is 5.68. The van der Waals surface area contributed by atoms with Gasteiger partial charge in [-0.1, -0.05) is 13.8 Å². The van der Waals surface area contributed by atoms with Crippen LogP contribution in [0.5, 0.6) is 11.5 Å². The van der Waals surface area contributed by atoms with E-state index in [9.17, 15) is 31.1 Å². The van der Waals surface area contributed by atoms with Gasteiger partial charge >= 0.3 is 18.5 Å². The minimum atomic E-state index is -4.54. The van der Waals surface area contributed by atoms with Crippen molar-refractivity contribution in [1.29, 1.82) is 0 Å². The molecule has 0 radical (unpaired) electrons. The minimum absolute atomic E-state index is 0.120. The smallest absolute Gasteiger partial charge is 0.394 e. The molecule has 2 aromatic rings. The molecule has 0 aliphatic heterocycles. The van der Waals surface area contributed by atoms with E-state index in [2.05, 4.69) is 0 Å². The highest BCUT2D eigenvalue weighted by Gasteiger charge is 2.32. The summed E-state index contributed by atoms with van der Waals surface area (Å²) < 4.78 is 86.5. The van der Waals surface area contributed by atoms with E-state index in [1.54, 1.807) is 13.8 Å². The van der Waals surface area contributed by atoms with Crippen LogP contribution in [-0.2, 0) is 25.2 Å². The van der Waals surface area contributed by atoms with Gasteiger partial charge in [0.2, 0.25) is 0 Å². The van der Waals surface area contributed by atoms with E-state index in [0.29, 0.717) is 0 Å². The molecule has 2 rings (SSSR count). The molecule has 0 aromatic heterocycles. The van der Waals surface area contributed by atoms with Gasteiger partial charge in [-0.25, -0.2) is 4.79 Å². The SMILES string of the molecule is CCc1cc(C(F)(F)F)ccc1OC(=O)Oc1ccc(C(F)(F)F)cc1CC. The Labute approximate surface area is 156 Å². The molecule has 0 aliphatic carbocycles. The van der Waals surface area contributed by atoms with Gasteiger partial charge in [-0.05, 0) is 60.4 Å². The lowest BCUT2D eigenvalue weighted by molar-refractivity contribution is -0.138. The minimum Gasteiger partial charge on any atom is -0.394 e. The molecule has 0 unspecified atom stereocenters. The standard InChI is InChI=1S/C19H16F6O3/c1-3-11-9-13(18(20,21)22)5-7-15(11)27-17(26)28-16-8-6-14(19(23,24)25)10-12(16)4-2/h5-10H,3-4H2,1-2H3. The Morgan fingerprint density at radius 1 is 0.750 bits per heavy atom. The number of carbonyl (C=O) groups excluding carboxylic acids is 1. The van der Waals surface area contributed by atoms with Crippen LogP contribution >= 0.6 is 0 Å². The molecule has 0 saturated heterocycles. The third kappa shape index (κ3) is 5.17. The number of alkyl halides is 6. The Bertz CT molecular complexity index is 786. The number of hydrogen-bond donors (Lipinski definition) is 0. The normalized spacial score (nSPS) is 12.0. The number of carbonyl (C=O) groups is 1. The van der Waals surface area contributed by atoms with Crippen LogP contribution in [-0.4, -0.2) is 6.16 Å². The van der Waals surface area contributed by atoms with Crippen LogP contribution in [0.15, 0.2) is 36.4 Å². The summed E-state index contributed by atoms with van der Waals surface area (Å²) in [7, 11) is 0. The summed E-state index contributed by atoms with van der Waals surface area (Å²) in [4.78, 5) is 12.0. The number of benzene rings is 2. The maximum Gasteiger partial charge on any atom is 0.519 e. The lowest BCUT2D eigenvalue weighted by Crippen LogP contribution is -2.16. The molecule has 9 heteroatoms. The fourth-order valence-electron chi connectivity index (χ4n) is 2.46. The predicted molar refractivity (Wildman–Crippen MR) is 88.3 cm³/mol. The monoisotopic (exact) mass is 406 g/mol. The van der Waals surface area contributed by atoms with E-state index in [0.717, 1.165) is 36.4 Å². The first-order chi connectivity index (χ1) is 13.0. The second kappa shape index (κ2) is 8.12. The Morgan fingerprint density at radius 2 is 1.11 bits per heavy atom. The van der Waals surface area contributed by atoms with Crippen molar-refractivity contribution in [2.24, 2.45) is 0 Å². The van der Waals surface area contributed by atoms with Crippen molar-refractivity contribution in [2.45, 2.75) is 39.0 Å². The fourth-order valence-corrected chi connectivity index (χ4v) is 2.46. The molecule has 2 aromatic carbocycles. The van der Waals surface area contributed by atoms with Crippen molar-refractivity contribution < 1.29 is 40.6 Å². The van der Waals surface area contributed by atoms with E-state index < -0.39 is 29.6 Å². The molecule has 0 N–H and O–H groups in total. The average molecular weight is 406 g/mol. The number of rotatable bonds is 4. The molecule has 3 nitrogen and oxygen atoms in total. The fraction of sp³-hybridized carbons (Fsp3) is 0.316. The molecule has 152 valence electrons. The number of hydrogen-bond acceptors (Lipinski definition) is 3. The largest absolute Gasteiger partial charge is 0.519 e. The Morgan fingerprint density at radius 3 is 1.39 bits per heavy atom. The van der Waals surface area contributed by atoms with Crippen molar-refractivity contribution in [3.63, 3.8) is 0 Å². The summed E-state index contributed by atoms with van der Waals surface area (Å²) in [6.07, 6.45) is -10.0. The van der Waals surface area contributed by atoms with Gasteiger partial charge in [0.25, 0.3) is 0 Å². The molecule has 0 saturated carbocycles. The summed E-state index contributed by atoms with van der Waals surface area (Å²) in [6, 6.07) is 5.23. The van der Waals surface area contributed by atoms with Crippen LogP contribution in [0.3, 0.4) is 0 Å². The maximum atomic E-state index is 12.8. The Kier molecular flexibility index (Phi) is 6.26. The van der Waals surface area contributed by atoms with Gasteiger partial charge in [-0.3, -0.25) is 0 Å². The van der Waals surface area contributed by atoms with Gasteiger partial charge in [0, 0.05) is 0 Å². The molecule has 0 fully saturated rings. The molecular formula is C19H16F6O3. The lowest BCUT2D eigenvalue weighted by atomic mass is 10.1. The third-order valence-electron chi connectivity index (χ3n) is 3.92. The quantitative estimate of drug-likeness (QED) is 0.334. The van der Waals surface area contributed by atoms with Crippen LogP contribution in [0.4, 0.5) is 31.1 Å². The molecule has 0 spiro atoms. The van der Waals surface area contributed by atoms with Crippen LogP contribution in [0.2, 0.25) is 0 Å². The number of ether oxygens (including phenoxy) is 2. The first-order valence-electron chi connectivity index (χ1n) is 8.25. The van der Waals surface area contributed by atoms with Gasteiger partial charge in [0.05, 0.1) is 11.1 Å². The third-order valence-corrected chi connectivity index (χ3v) is 3.92. The van der Waals surface area contributed by atoms with E-state index in [4.69, 9.17) is 9.47 Å². The highest BCUT2D eigenvalue weighted by atomic mass is 19.4. The summed E-state index contributed by atoms with van der Waals surface area (Å²) in [6.45, 7) is 3.16. The van der Waals surface area contributed by atoms with Gasteiger partial charge in [0.1, 0.15) is 11.5 Å². The summed E-state index contributed by atoms with van der Waals surface area (Å²) in [5.41, 5.74) is -1.51. The second-order valence-electron chi connectivity index (χ2n) is 5.80. The zero-order chi connectivity index (χ0) is 21.1. The molecule has 0 atom stereocenters. The Balaban J connectivity index is 2.21. The van der Waals surface area contributed by atoms with Crippen LogP contribution in [0.1, 0.15) is 36.1 Å². The second-order valence-corrected chi connectivity index (χ2v) is 5.80. The van der Waals surface area contributed by atoms with Gasteiger partial charge in [-0.2, -0.15) is 26.3 Å². The van der Waals surface area contributed by atoms with Crippen LogP contribution < -0.4 is 9.47 Å². The first kappa shape index (κ1) is 21.6. The Hall–Kier alpha value is -2.71. The summed E-state index contributed by atoms with van der Waals surface area (Å²) in [5.74, 6) is -0.240. The molecule has 28 heavy (non-hydrogen) atoms. The molecule has 0 amide bonds. The molecular weight excluding hydrogens is 390 g/mol. The van der Waals surface area contributed by atoms with Crippen LogP contribution in [0.25, 0.3) is 0 Å². The molecule has 0 aliphatic rings. The molecule has 0 heterocycles. The van der Waals surface area contributed by atoms with E-state index >= 15 is 0 Å². The first-order valence-corrected chi connectivity index (χ1v) is 8.25. The molecule has 0 bridgehead atoms. The van der Waals surface area contributed by atoms with E-state index in [-0.39, 0.29) is 35.5 Å². The van der Waals surface area contributed by atoms with Crippen molar-refractivity contribution in [3.05, 3.63) is 58.7 Å². The maximum absolute atomic E-state index is 12.8. The zero-order valence-corrected chi connectivity index (χ0v) is 14.9. The van der Waals surface area contributed by atoms with Gasteiger partial charge in [0.15, 0.2) is 0 Å². The lowest BCUT2D eigenvalue weighted by Gasteiger charge is -2.14. The number of aryl methyl sites for hydroxylation is 2. The van der Waals surface area contributed by atoms with Crippen LogP contribution in [0, 0.1) is 0 Å². The highest BCUT2D eigenvalue weighted by Crippen LogP contribution is 2.34. The van der Waals surface area contributed by atoms with Crippen molar-refractivity contribution in [2.75, 3.05) is 0 Å². The number of halogens is 6. The van der Waals surface area contributed by atoms with E-state index in [1.807, 2.05) is 0 Å². The summed E-state index contributed by atoms with van der Waals surface area (Å²) in [5, 5.41) is 0. The predicted octanol–water partition coefficient (Wildman–Crippen LogP) is 6.43. The zero-order valence-electron chi connectivity index (χ0n) is 14.9. The van der Waals surface area contributed by atoms with Crippen molar-refractivity contribution in [3.8, 4) is 11.5 Å².